The average molecular weight is 246 g/mol. The maximum absolute atomic E-state index is 11.2. The molecule has 0 aromatic heterocycles. The second-order valence-corrected chi connectivity index (χ2v) is 3.59. The molecule has 0 N–H and O–H groups in total. The number of carbonyl (C=O) groups excluding carboxylic acids is 2. The third-order valence-corrected chi connectivity index (χ3v) is 2.30. The van der Waals surface area contributed by atoms with Crippen LogP contribution in [-0.4, -0.2) is 11.9 Å². The zero-order valence-corrected chi connectivity index (χ0v) is 10.4. The summed E-state index contributed by atoms with van der Waals surface area (Å²) in [5, 5.41) is 0. The van der Waals surface area contributed by atoms with E-state index in [1.54, 1.807) is 26.0 Å². The van der Waals surface area contributed by atoms with Crippen molar-refractivity contribution in [3.8, 4) is 11.5 Å². The lowest BCUT2D eigenvalue weighted by Gasteiger charge is -2.12. The summed E-state index contributed by atoms with van der Waals surface area (Å²) in [5.41, 5.74) is 1.33. The van der Waals surface area contributed by atoms with Gasteiger partial charge in [-0.2, -0.15) is 0 Å². The van der Waals surface area contributed by atoms with Gasteiger partial charge in [0.1, 0.15) is 11.5 Å². The van der Waals surface area contributed by atoms with Crippen LogP contribution in [0.5, 0.6) is 11.5 Å². The first-order chi connectivity index (χ1) is 8.49. The molecule has 1 aromatic rings. The van der Waals surface area contributed by atoms with Crippen molar-refractivity contribution in [2.75, 3.05) is 0 Å². The minimum Gasteiger partial charge on any atom is -0.423 e. The van der Waals surface area contributed by atoms with Crippen LogP contribution < -0.4 is 9.47 Å². The SMILES string of the molecule is C=CC(=O)Oc1ccc(C)c(OC(=O)C=C)c1C. The van der Waals surface area contributed by atoms with Crippen LogP contribution in [0.3, 0.4) is 0 Å². The number of aryl methyl sites for hydroxylation is 1. The van der Waals surface area contributed by atoms with Gasteiger partial charge in [-0.3, -0.25) is 0 Å². The van der Waals surface area contributed by atoms with Gasteiger partial charge in [-0.25, -0.2) is 9.59 Å². The van der Waals surface area contributed by atoms with Crippen LogP contribution in [0.25, 0.3) is 0 Å². The Labute approximate surface area is 106 Å². The normalized spacial score (nSPS) is 9.44. The molecule has 0 aliphatic heterocycles. The van der Waals surface area contributed by atoms with Crippen molar-refractivity contribution in [2.24, 2.45) is 0 Å². The van der Waals surface area contributed by atoms with Gasteiger partial charge < -0.3 is 9.47 Å². The average Bonchev–Trinajstić information content (AvgIpc) is 2.37. The van der Waals surface area contributed by atoms with Crippen molar-refractivity contribution in [1.82, 2.24) is 0 Å². The van der Waals surface area contributed by atoms with Crippen molar-refractivity contribution < 1.29 is 19.1 Å². The molecule has 0 saturated carbocycles. The Kier molecular flexibility index (Phi) is 4.43. The van der Waals surface area contributed by atoms with E-state index >= 15 is 0 Å². The number of hydrogen-bond donors (Lipinski definition) is 0. The minimum absolute atomic E-state index is 0.331. The Morgan fingerprint density at radius 1 is 1.06 bits per heavy atom. The van der Waals surface area contributed by atoms with E-state index in [9.17, 15) is 9.59 Å². The zero-order chi connectivity index (χ0) is 13.7. The molecule has 0 aliphatic carbocycles. The molecule has 0 bridgehead atoms. The Morgan fingerprint density at radius 3 is 2.17 bits per heavy atom. The van der Waals surface area contributed by atoms with Crippen molar-refractivity contribution in [1.29, 1.82) is 0 Å². The first kappa shape index (κ1) is 13.7. The molecule has 1 aromatic carbocycles. The van der Waals surface area contributed by atoms with Crippen LogP contribution in [0.2, 0.25) is 0 Å². The molecule has 0 amide bonds. The molecule has 94 valence electrons. The smallest absolute Gasteiger partial charge is 0.335 e. The maximum Gasteiger partial charge on any atom is 0.335 e. The Morgan fingerprint density at radius 2 is 1.61 bits per heavy atom. The van der Waals surface area contributed by atoms with Gasteiger partial charge in [0, 0.05) is 17.7 Å². The van der Waals surface area contributed by atoms with Gasteiger partial charge in [0.15, 0.2) is 0 Å². The van der Waals surface area contributed by atoms with Gasteiger partial charge in [0.25, 0.3) is 0 Å². The van der Waals surface area contributed by atoms with Gasteiger partial charge >= 0.3 is 11.9 Å². The lowest BCUT2D eigenvalue weighted by molar-refractivity contribution is -0.129. The van der Waals surface area contributed by atoms with Crippen molar-refractivity contribution in [3.05, 3.63) is 48.6 Å². The van der Waals surface area contributed by atoms with Gasteiger partial charge in [-0.05, 0) is 25.5 Å². The lowest BCUT2D eigenvalue weighted by Crippen LogP contribution is -2.09. The number of carbonyl (C=O) groups is 2. The topological polar surface area (TPSA) is 52.6 Å². The van der Waals surface area contributed by atoms with E-state index in [1.807, 2.05) is 0 Å². The largest absolute Gasteiger partial charge is 0.423 e. The molecule has 1 rings (SSSR count). The van der Waals surface area contributed by atoms with E-state index in [-0.39, 0.29) is 0 Å². The maximum atomic E-state index is 11.2. The highest BCUT2D eigenvalue weighted by atomic mass is 16.5. The Balaban J connectivity index is 3.13. The summed E-state index contributed by atoms with van der Waals surface area (Å²) < 4.78 is 10.1. The van der Waals surface area contributed by atoms with Gasteiger partial charge in [-0.1, -0.05) is 19.2 Å². The van der Waals surface area contributed by atoms with E-state index in [1.165, 1.54) is 0 Å². The quantitative estimate of drug-likeness (QED) is 0.465. The fourth-order valence-electron chi connectivity index (χ4n) is 1.37. The highest BCUT2D eigenvalue weighted by molar-refractivity contribution is 5.85. The fraction of sp³-hybridized carbons (Fsp3) is 0.143. The Hall–Kier alpha value is -2.36. The van der Waals surface area contributed by atoms with E-state index in [2.05, 4.69) is 13.2 Å². The van der Waals surface area contributed by atoms with Crippen LogP contribution in [0.15, 0.2) is 37.4 Å². The standard InChI is InChI=1S/C14H14O4/c1-5-12(15)17-11-8-7-9(3)14(10(11)4)18-13(16)6-2/h5-8H,1-2H2,3-4H3. The fourth-order valence-corrected chi connectivity index (χ4v) is 1.37. The number of rotatable bonds is 4. The summed E-state index contributed by atoms with van der Waals surface area (Å²) in [6.07, 6.45) is 2.13. The third kappa shape index (κ3) is 3.07. The highest BCUT2D eigenvalue weighted by Crippen LogP contribution is 2.31. The molecule has 4 nitrogen and oxygen atoms in total. The van der Waals surface area contributed by atoms with Gasteiger partial charge in [0.05, 0.1) is 0 Å². The molecule has 0 spiro atoms. The predicted molar refractivity (Wildman–Crippen MR) is 67.6 cm³/mol. The lowest BCUT2D eigenvalue weighted by atomic mass is 10.1. The molecule has 0 radical (unpaired) electrons. The second kappa shape index (κ2) is 5.82. The van der Waals surface area contributed by atoms with Crippen LogP contribution in [0, 0.1) is 13.8 Å². The molecule has 4 heteroatoms. The monoisotopic (exact) mass is 246 g/mol. The van der Waals surface area contributed by atoms with Crippen LogP contribution >= 0.6 is 0 Å². The summed E-state index contributed by atoms with van der Waals surface area (Å²) in [5.74, 6) is -0.428. The van der Waals surface area contributed by atoms with E-state index < -0.39 is 11.9 Å². The summed E-state index contributed by atoms with van der Waals surface area (Å²) in [4.78, 5) is 22.4. The molecule has 0 heterocycles. The van der Waals surface area contributed by atoms with Crippen molar-refractivity contribution in [3.63, 3.8) is 0 Å². The number of ether oxygens (including phenoxy) is 2. The van der Waals surface area contributed by atoms with Crippen LogP contribution in [0.4, 0.5) is 0 Å². The Bertz CT molecular complexity index is 515. The van der Waals surface area contributed by atoms with Gasteiger partial charge in [0.2, 0.25) is 0 Å². The molecular formula is C14H14O4. The molecule has 0 aliphatic rings. The summed E-state index contributed by atoms with van der Waals surface area (Å²) in [7, 11) is 0. The number of benzene rings is 1. The van der Waals surface area contributed by atoms with Crippen molar-refractivity contribution in [2.45, 2.75) is 13.8 Å². The summed E-state index contributed by atoms with van der Waals surface area (Å²) in [6.45, 7) is 10.1. The zero-order valence-electron chi connectivity index (χ0n) is 10.4. The van der Waals surface area contributed by atoms with E-state index in [0.29, 0.717) is 17.1 Å². The van der Waals surface area contributed by atoms with Crippen LogP contribution in [0.1, 0.15) is 11.1 Å². The predicted octanol–water partition coefficient (Wildman–Crippen LogP) is 2.49. The van der Waals surface area contributed by atoms with Gasteiger partial charge in [-0.15, -0.1) is 0 Å². The molecular weight excluding hydrogens is 232 g/mol. The highest BCUT2D eigenvalue weighted by Gasteiger charge is 2.13. The number of esters is 2. The van der Waals surface area contributed by atoms with Crippen LogP contribution in [-0.2, 0) is 9.59 Å². The summed E-state index contributed by atoms with van der Waals surface area (Å²) >= 11 is 0. The van der Waals surface area contributed by atoms with E-state index in [0.717, 1.165) is 17.7 Å². The minimum atomic E-state index is -0.567. The molecule has 0 unspecified atom stereocenters. The third-order valence-electron chi connectivity index (χ3n) is 2.30. The first-order valence-electron chi connectivity index (χ1n) is 5.28. The van der Waals surface area contributed by atoms with Crippen molar-refractivity contribution >= 4 is 11.9 Å². The second-order valence-electron chi connectivity index (χ2n) is 3.59. The molecule has 0 atom stereocenters. The molecule has 0 fully saturated rings. The molecule has 0 saturated heterocycles. The van der Waals surface area contributed by atoms with E-state index in [4.69, 9.17) is 9.47 Å². The molecule has 18 heavy (non-hydrogen) atoms. The number of hydrogen-bond acceptors (Lipinski definition) is 4. The summed E-state index contributed by atoms with van der Waals surface area (Å²) in [6, 6.07) is 3.34. The first-order valence-corrected chi connectivity index (χ1v) is 5.28.